The number of aromatic nitrogens is 3. The average Bonchev–Trinajstić information content (AvgIpc) is 2.76. The summed E-state index contributed by atoms with van der Waals surface area (Å²) in [6, 6.07) is 6.37. The lowest BCUT2D eigenvalue weighted by molar-refractivity contribution is 0.404. The van der Waals surface area contributed by atoms with Crippen LogP contribution in [0.2, 0.25) is 0 Å². The maximum atomic E-state index is 9.43. The van der Waals surface area contributed by atoms with E-state index in [-0.39, 0.29) is 11.5 Å². The highest BCUT2D eigenvalue weighted by Crippen LogP contribution is 2.29. The highest BCUT2D eigenvalue weighted by Gasteiger charge is 2.07. The molecule has 0 aliphatic carbocycles. The molecule has 2 aromatic heterocycles. The first-order valence-electron chi connectivity index (χ1n) is 5.06. The largest absolute Gasteiger partial charge is 0.504 e. The van der Waals surface area contributed by atoms with E-state index in [0.29, 0.717) is 11.4 Å². The number of phenolic OH excluding ortho intramolecular Hbond substituents is 2. The number of hydrogen-bond acceptors (Lipinski definition) is 4. The van der Waals surface area contributed by atoms with Crippen molar-refractivity contribution in [2.75, 3.05) is 0 Å². The van der Waals surface area contributed by atoms with Gasteiger partial charge in [-0.2, -0.15) is 0 Å². The van der Waals surface area contributed by atoms with Crippen LogP contribution >= 0.6 is 0 Å². The minimum atomic E-state index is -0.166. The highest BCUT2D eigenvalue weighted by atomic mass is 16.3. The molecule has 0 amide bonds. The Morgan fingerprint density at radius 1 is 1.06 bits per heavy atom. The first-order valence-corrected chi connectivity index (χ1v) is 5.06. The summed E-state index contributed by atoms with van der Waals surface area (Å²) in [4.78, 5) is 11.4. The molecule has 0 saturated carbocycles. The normalized spacial score (nSPS) is 10.8. The van der Waals surface area contributed by atoms with Crippen LogP contribution in [-0.2, 0) is 0 Å². The van der Waals surface area contributed by atoms with Crippen LogP contribution in [0.4, 0.5) is 0 Å². The molecule has 5 nitrogen and oxygen atoms in total. The summed E-state index contributed by atoms with van der Waals surface area (Å²) >= 11 is 0. The average molecular weight is 227 g/mol. The second-order valence-corrected chi connectivity index (χ2v) is 3.68. The Balaban J connectivity index is 2.17. The number of aromatic amines is 1. The fourth-order valence-electron chi connectivity index (χ4n) is 1.66. The zero-order valence-electron chi connectivity index (χ0n) is 8.75. The number of imidazole rings is 1. The van der Waals surface area contributed by atoms with Gasteiger partial charge in [-0.25, -0.2) is 4.98 Å². The third-order valence-corrected chi connectivity index (χ3v) is 2.53. The molecule has 3 rings (SSSR count). The second kappa shape index (κ2) is 3.48. The van der Waals surface area contributed by atoms with Gasteiger partial charge in [0.05, 0.1) is 17.2 Å². The Morgan fingerprint density at radius 3 is 2.71 bits per heavy atom. The molecule has 3 aromatic rings. The van der Waals surface area contributed by atoms with Crippen molar-refractivity contribution < 1.29 is 10.2 Å². The fourth-order valence-corrected chi connectivity index (χ4v) is 1.66. The quantitative estimate of drug-likeness (QED) is 0.555. The van der Waals surface area contributed by atoms with E-state index in [1.807, 2.05) is 0 Å². The Kier molecular flexibility index (Phi) is 1.98. The van der Waals surface area contributed by atoms with Gasteiger partial charge >= 0.3 is 0 Å². The van der Waals surface area contributed by atoms with Crippen LogP contribution in [0.15, 0.2) is 36.7 Å². The maximum Gasteiger partial charge on any atom is 0.158 e. The topological polar surface area (TPSA) is 82.0 Å². The standard InChI is InChI=1S/C12H9N3O2/c16-10-2-1-7(5-11(10)17)12-14-8-3-4-13-6-9(8)15-12/h1-6,16-17H,(H,14,15). The summed E-state index contributed by atoms with van der Waals surface area (Å²) < 4.78 is 0. The van der Waals surface area contributed by atoms with E-state index >= 15 is 0 Å². The Hall–Kier alpha value is -2.56. The molecule has 0 spiro atoms. The molecule has 1 aromatic carbocycles. The van der Waals surface area contributed by atoms with E-state index in [2.05, 4.69) is 15.0 Å². The minimum Gasteiger partial charge on any atom is -0.504 e. The van der Waals surface area contributed by atoms with E-state index in [4.69, 9.17) is 0 Å². The SMILES string of the molecule is Oc1ccc(-c2nc3ccncc3[nH]2)cc1O. The lowest BCUT2D eigenvalue weighted by Crippen LogP contribution is -1.80. The van der Waals surface area contributed by atoms with Gasteiger partial charge in [-0.05, 0) is 24.3 Å². The van der Waals surface area contributed by atoms with E-state index in [9.17, 15) is 10.2 Å². The van der Waals surface area contributed by atoms with Gasteiger partial charge in [0.15, 0.2) is 11.5 Å². The van der Waals surface area contributed by atoms with Crippen molar-refractivity contribution in [1.29, 1.82) is 0 Å². The zero-order chi connectivity index (χ0) is 11.8. The van der Waals surface area contributed by atoms with Gasteiger partial charge in [-0.1, -0.05) is 0 Å². The number of fused-ring (bicyclic) bond motifs is 1. The lowest BCUT2D eigenvalue weighted by Gasteiger charge is -1.99. The fraction of sp³-hybridized carbons (Fsp3) is 0. The molecule has 0 saturated heterocycles. The third-order valence-electron chi connectivity index (χ3n) is 2.53. The van der Waals surface area contributed by atoms with Crippen molar-refractivity contribution in [2.45, 2.75) is 0 Å². The molecule has 0 atom stereocenters. The van der Waals surface area contributed by atoms with Crippen molar-refractivity contribution in [3.05, 3.63) is 36.7 Å². The summed E-state index contributed by atoms with van der Waals surface area (Å²) in [5.41, 5.74) is 2.34. The van der Waals surface area contributed by atoms with Crippen molar-refractivity contribution >= 4 is 11.0 Å². The summed E-state index contributed by atoms with van der Waals surface area (Å²) in [7, 11) is 0. The molecule has 2 heterocycles. The van der Waals surface area contributed by atoms with Crippen molar-refractivity contribution in [2.24, 2.45) is 0 Å². The van der Waals surface area contributed by atoms with Crippen LogP contribution in [0.1, 0.15) is 0 Å². The monoisotopic (exact) mass is 227 g/mol. The Labute approximate surface area is 96.4 Å². The molecule has 0 unspecified atom stereocenters. The first-order chi connectivity index (χ1) is 8.24. The van der Waals surface area contributed by atoms with E-state index in [1.54, 1.807) is 24.5 Å². The molecular formula is C12H9N3O2. The van der Waals surface area contributed by atoms with Crippen molar-refractivity contribution in [3.8, 4) is 22.9 Å². The summed E-state index contributed by atoms with van der Waals surface area (Å²) in [6.45, 7) is 0. The number of benzene rings is 1. The number of nitrogens with zero attached hydrogens (tertiary/aromatic N) is 2. The molecule has 84 valence electrons. The molecule has 5 heteroatoms. The molecule has 0 fully saturated rings. The second-order valence-electron chi connectivity index (χ2n) is 3.68. The summed E-state index contributed by atoms with van der Waals surface area (Å²) in [5, 5.41) is 18.7. The van der Waals surface area contributed by atoms with Crippen LogP contribution in [0.5, 0.6) is 11.5 Å². The molecule has 0 aliphatic rings. The number of rotatable bonds is 1. The molecule has 0 bridgehead atoms. The van der Waals surface area contributed by atoms with Crippen molar-refractivity contribution in [1.82, 2.24) is 15.0 Å². The number of hydrogen-bond donors (Lipinski definition) is 3. The van der Waals surface area contributed by atoms with Gasteiger partial charge in [-0.3, -0.25) is 4.98 Å². The number of H-pyrrole nitrogens is 1. The maximum absolute atomic E-state index is 9.43. The summed E-state index contributed by atoms with van der Waals surface area (Å²) in [6.07, 6.45) is 3.35. The minimum absolute atomic E-state index is 0.147. The Bertz CT molecular complexity index is 658. The predicted octanol–water partition coefficient (Wildman–Crippen LogP) is 2.04. The van der Waals surface area contributed by atoms with Gasteiger partial charge in [0.2, 0.25) is 0 Å². The molecule has 17 heavy (non-hydrogen) atoms. The molecular weight excluding hydrogens is 218 g/mol. The van der Waals surface area contributed by atoms with Crippen molar-refractivity contribution in [3.63, 3.8) is 0 Å². The van der Waals surface area contributed by atoms with Crippen LogP contribution in [0.3, 0.4) is 0 Å². The van der Waals surface area contributed by atoms with Gasteiger partial charge in [-0.15, -0.1) is 0 Å². The number of nitrogens with one attached hydrogen (secondary N) is 1. The third kappa shape index (κ3) is 1.57. The van der Waals surface area contributed by atoms with E-state index in [1.165, 1.54) is 12.1 Å². The first kappa shape index (κ1) is 9.65. The smallest absolute Gasteiger partial charge is 0.158 e. The molecule has 0 radical (unpaired) electrons. The van der Waals surface area contributed by atoms with Gasteiger partial charge in [0.1, 0.15) is 5.82 Å². The number of aromatic hydroxyl groups is 2. The van der Waals surface area contributed by atoms with Crippen LogP contribution in [0, 0.1) is 0 Å². The van der Waals surface area contributed by atoms with E-state index < -0.39 is 0 Å². The van der Waals surface area contributed by atoms with Gasteiger partial charge in [0.25, 0.3) is 0 Å². The zero-order valence-corrected chi connectivity index (χ0v) is 8.75. The van der Waals surface area contributed by atoms with Gasteiger partial charge in [0, 0.05) is 11.8 Å². The van der Waals surface area contributed by atoms with E-state index in [0.717, 1.165) is 11.0 Å². The van der Waals surface area contributed by atoms with Crippen LogP contribution < -0.4 is 0 Å². The lowest BCUT2D eigenvalue weighted by atomic mass is 10.2. The number of phenols is 2. The Morgan fingerprint density at radius 2 is 1.94 bits per heavy atom. The van der Waals surface area contributed by atoms with Gasteiger partial charge < -0.3 is 15.2 Å². The predicted molar refractivity (Wildman–Crippen MR) is 62.7 cm³/mol. The number of pyridine rings is 1. The van der Waals surface area contributed by atoms with Crippen LogP contribution in [-0.4, -0.2) is 25.2 Å². The highest BCUT2D eigenvalue weighted by molar-refractivity contribution is 5.78. The van der Waals surface area contributed by atoms with Crippen LogP contribution in [0.25, 0.3) is 22.4 Å². The molecule has 0 aliphatic heterocycles. The molecule has 3 N–H and O–H groups in total. The summed E-state index contributed by atoms with van der Waals surface area (Å²) in [5.74, 6) is 0.316.